The van der Waals surface area contributed by atoms with E-state index in [9.17, 15) is 42.8 Å². The maximum atomic E-state index is 13.7. The fraction of sp³-hybridized carbons (Fsp3) is 0.500. The van der Waals surface area contributed by atoms with E-state index in [0.717, 1.165) is 0 Å². The number of H-pyrrole nitrogens is 1. The Kier molecular flexibility index (Phi) is 8.06. The van der Waals surface area contributed by atoms with Crippen LogP contribution in [0.4, 0.5) is 4.39 Å². The second-order valence-corrected chi connectivity index (χ2v) is 10.7. The average Bonchev–Trinajstić information content (AvgIpc) is 2.92. The Morgan fingerprint density at radius 3 is 2.33 bits per heavy atom. The van der Waals surface area contributed by atoms with Gasteiger partial charge in [-0.2, -0.15) is 13.0 Å². The van der Waals surface area contributed by atoms with Gasteiger partial charge in [0.1, 0.15) is 0 Å². The lowest BCUT2D eigenvalue weighted by atomic mass is 9.86. The van der Waals surface area contributed by atoms with E-state index in [4.69, 9.17) is 25.8 Å². The van der Waals surface area contributed by atoms with Crippen LogP contribution in [0.1, 0.15) is 6.23 Å². The predicted molar refractivity (Wildman–Crippen MR) is 99.4 cm³/mol. The summed E-state index contributed by atoms with van der Waals surface area (Å²) < 4.78 is 64.5. The molecule has 1 aromatic rings. The molecular weight excluding hydrogens is 524 g/mol. The lowest BCUT2D eigenvalue weighted by Crippen LogP contribution is -2.46. The smallest absolute Gasteiger partial charge is 0.396 e. The number of nitrogens with zero attached hydrogens (tertiary/aromatic N) is 1. The Balaban J connectivity index is 2.29. The van der Waals surface area contributed by atoms with Gasteiger partial charge < -0.3 is 34.5 Å². The summed E-state index contributed by atoms with van der Waals surface area (Å²) in [5, 5.41) is 20.4. The Morgan fingerprint density at radius 1 is 1.21 bits per heavy atom. The van der Waals surface area contributed by atoms with E-state index in [0.29, 0.717) is 10.8 Å². The van der Waals surface area contributed by atoms with Gasteiger partial charge in [-0.15, -0.1) is 6.42 Å². The molecule has 21 heteroatoms. The number of hydrogen-bond donors (Lipinski definition) is 7. The number of aromatic amines is 1. The molecule has 0 radical (unpaired) electrons. The van der Waals surface area contributed by atoms with Crippen molar-refractivity contribution in [2.75, 3.05) is 13.2 Å². The minimum atomic E-state index is -5.82. The summed E-state index contributed by atoms with van der Waals surface area (Å²) in [6.07, 6.45) is 1.98. The summed E-state index contributed by atoms with van der Waals surface area (Å²) in [6, 6.07) is 0. The van der Waals surface area contributed by atoms with E-state index in [-0.39, 0.29) is 0 Å². The van der Waals surface area contributed by atoms with E-state index in [1.165, 1.54) is 0 Å². The first-order valence-corrected chi connectivity index (χ1v) is 12.7. The molecule has 0 bridgehead atoms. The molecule has 186 valence electrons. The van der Waals surface area contributed by atoms with E-state index in [2.05, 4.69) is 13.1 Å². The van der Waals surface area contributed by atoms with Crippen molar-refractivity contribution in [3.05, 3.63) is 32.9 Å². The molecule has 1 aliphatic heterocycles. The molecule has 6 atom stereocenters. The third-order valence-electron chi connectivity index (χ3n) is 4.12. The van der Waals surface area contributed by atoms with Crippen molar-refractivity contribution < 1.29 is 65.8 Å². The van der Waals surface area contributed by atoms with Crippen LogP contribution in [0, 0.1) is 24.1 Å². The monoisotopic (exact) mass is 540 g/mol. The first-order valence-electron chi connectivity index (χ1n) is 8.20. The van der Waals surface area contributed by atoms with Gasteiger partial charge in [0.2, 0.25) is 5.82 Å². The fourth-order valence-corrected chi connectivity index (χ4v) is 5.83. The molecule has 7 N–H and O–H groups in total. The quantitative estimate of drug-likeness (QED) is 0.131. The first kappa shape index (κ1) is 27.7. The van der Waals surface area contributed by atoms with Crippen LogP contribution in [-0.2, 0) is 31.6 Å². The number of hydrogen-bond acceptors (Lipinski definition) is 11. The molecule has 0 amide bonds. The molecule has 33 heavy (non-hydrogen) atoms. The third-order valence-corrected chi connectivity index (χ3v) is 7.92. The van der Waals surface area contributed by atoms with Crippen molar-refractivity contribution in [1.29, 1.82) is 0 Å². The van der Waals surface area contributed by atoms with E-state index in [1.54, 1.807) is 4.98 Å². The normalized spacial score (nSPS) is 29.2. The number of aromatic nitrogens is 2. The Hall–Kier alpha value is -1.54. The lowest BCUT2D eigenvalue weighted by molar-refractivity contribution is -0.0750. The fourth-order valence-electron chi connectivity index (χ4n) is 2.80. The maximum absolute atomic E-state index is 13.7. The molecule has 1 aromatic heterocycles. The van der Waals surface area contributed by atoms with E-state index < -0.39 is 77.6 Å². The number of ether oxygens (including phenoxy) is 1. The van der Waals surface area contributed by atoms with Crippen molar-refractivity contribution >= 4 is 23.5 Å². The van der Waals surface area contributed by atoms with Crippen molar-refractivity contribution in [2.45, 2.75) is 17.9 Å². The summed E-state index contributed by atoms with van der Waals surface area (Å²) in [7, 11) is -17.1. The van der Waals surface area contributed by atoms with Crippen LogP contribution in [0.5, 0.6) is 0 Å². The van der Waals surface area contributed by atoms with Crippen molar-refractivity contribution in [3.8, 4) is 12.3 Å². The zero-order valence-electron chi connectivity index (χ0n) is 15.8. The van der Waals surface area contributed by atoms with Crippen LogP contribution >= 0.6 is 23.5 Å². The zero-order chi connectivity index (χ0) is 25.4. The van der Waals surface area contributed by atoms with Crippen molar-refractivity contribution in [3.63, 3.8) is 0 Å². The standard InChI is InChI=1S/C12H16FN2O15P3/c1-2-12(19)6(4-16)8(28-10(12)15-3-7(13)9(17)14-11(15)18)5-27-32(23,24)30-33(25,26)29-31(20,21)22/h1,3,6,8,10,16,19H,4-5H2,(H,23,24)(H,25,26)(H,14,17,18)(H2,20,21,22)/t6?,8-,10-,12?/m1/s1. The molecule has 4 unspecified atom stereocenters. The van der Waals surface area contributed by atoms with Crippen LogP contribution in [0.15, 0.2) is 15.8 Å². The van der Waals surface area contributed by atoms with Gasteiger partial charge in [0.25, 0.3) is 5.56 Å². The summed E-state index contributed by atoms with van der Waals surface area (Å²) in [5.41, 5.74) is -5.26. The minimum Gasteiger partial charge on any atom is -0.396 e. The molecule has 0 spiro atoms. The third kappa shape index (κ3) is 6.53. The Morgan fingerprint density at radius 2 is 1.82 bits per heavy atom. The number of phosphoric ester groups is 1. The Bertz CT molecular complexity index is 1200. The molecule has 0 saturated carbocycles. The number of aliphatic hydroxyl groups is 2. The molecule has 2 rings (SSSR count). The van der Waals surface area contributed by atoms with Gasteiger partial charge in [-0.05, 0) is 0 Å². The molecule has 2 heterocycles. The summed E-state index contributed by atoms with van der Waals surface area (Å²) in [5.74, 6) is -1.23. The van der Waals surface area contributed by atoms with Gasteiger partial charge in [-0.1, -0.05) is 5.92 Å². The number of nitrogens with one attached hydrogen (secondary N) is 1. The van der Waals surface area contributed by atoms with Crippen molar-refractivity contribution in [2.24, 2.45) is 5.92 Å². The predicted octanol–water partition coefficient (Wildman–Crippen LogP) is -2.11. The number of halogens is 1. The van der Waals surface area contributed by atoms with Crippen molar-refractivity contribution in [1.82, 2.24) is 9.55 Å². The van der Waals surface area contributed by atoms with Gasteiger partial charge in [0, 0.05) is 0 Å². The molecule has 1 fully saturated rings. The van der Waals surface area contributed by atoms with Gasteiger partial charge in [-0.3, -0.25) is 18.9 Å². The number of aliphatic hydroxyl groups excluding tert-OH is 1. The topological polar surface area (TPSA) is 264 Å². The largest absolute Gasteiger partial charge is 0.490 e. The maximum Gasteiger partial charge on any atom is 0.490 e. The SMILES string of the molecule is C#CC1(O)C(CO)[C@@H](COP(=O)(O)OP(=O)(O)OP(=O)(O)O)O[C@H]1n1cc(F)c(=O)[nH]c1=O. The highest BCUT2D eigenvalue weighted by Gasteiger charge is 2.56. The van der Waals surface area contributed by atoms with Crippen LogP contribution < -0.4 is 11.2 Å². The van der Waals surface area contributed by atoms with Crippen LogP contribution in [0.3, 0.4) is 0 Å². The summed E-state index contributed by atoms with van der Waals surface area (Å²) in [6.45, 7) is -2.14. The highest BCUT2D eigenvalue weighted by molar-refractivity contribution is 7.66. The van der Waals surface area contributed by atoms with Crippen LogP contribution in [0.2, 0.25) is 0 Å². The average molecular weight is 540 g/mol. The van der Waals surface area contributed by atoms with Crippen LogP contribution in [-0.4, -0.2) is 64.3 Å². The highest BCUT2D eigenvalue weighted by atomic mass is 31.3. The van der Waals surface area contributed by atoms with Gasteiger partial charge >= 0.3 is 29.2 Å². The summed E-state index contributed by atoms with van der Waals surface area (Å²) in [4.78, 5) is 60.5. The zero-order valence-corrected chi connectivity index (χ0v) is 18.5. The van der Waals surface area contributed by atoms with E-state index in [1.807, 2.05) is 5.92 Å². The second-order valence-electron chi connectivity index (χ2n) is 6.32. The molecule has 1 saturated heterocycles. The number of phosphoric acid groups is 3. The lowest BCUT2D eigenvalue weighted by Gasteiger charge is -2.28. The molecule has 17 nitrogen and oxygen atoms in total. The molecular formula is C12H16FN2O15P3. The molecule has 0 aliphatic carbocycles. The van der Waals surface area contributed by atoms with Gasteiger partial charge in [0.05, 0.1) is 31.4 Å². The Labute approximate surface area is 181 Å². The number of rotatable bonds is 9. The van der Waals surface area contributed by atoms with Gasteiger partial charge in [0.15, 0.2) is 11.8 Å². The van der Waals surface area contributed by atoms with E-state index >= 15 is 0 Å². The first-order chi connectivity index (χ1) is 14.9. The molecule has 0 aromatic carbocycles. The summed E-state index contributed by atoms with van der Waals surface area (Å²) >= 11 is 0. The van der Waals surface area contributed by atoms with Crippen LogP contribution in [0.25, 0.3) is 0 Å². The molecule has 1 aliphatic rings. The number of terminal acetylenes is 1. The van der Waals surface area contributed by atoms with Gasteiger partial charge in [-0.25, -0.2) is 18.5 Å². The highest BCUT2D eigenvalue weighted by Crippen LogP contribution is 2.66. The minimum absolute atomic E-state index is 0.337. The second kappa shape index (κ2) is 9.61.